The summed E-state index contributed by atoms with van der Waals surface area (Å²) in [5.74, 6) is -0.906. The molecule has 2 aromatic rings. The maximum Gasteiger partial charge on any atom is 0.573 e. The van der Waals surface area contributed by atoms with Crippen LogP contribution < -0.4 is 15.6 Å². The van der Waals surface area contributed by atoms with E-state index >= 15 is 0 Å². The number of hydrogen-bond acceptors (Lipinski definition) is 4. The first-order valence-electron chi connectivity index (χ1n) is 6.42. The number of carbonyl (C=O) groups is 1. The number of aryl methyl sites for hydroxylation is 1. The number of carbonyl (C=O) groups excluding carboxylic acids is 1. The fraction of sp³-hybridized carbons (Fsp3) is 0.214. The smallest absolute Gasteiger partial charge is 0.406 e. The van der Waals surface area contributed by atoms with E-state index in [4.69, 9.17) is 0 Å². The molecule has 1 N–H and O–H groups in total. The summed E-state index contributed by atoms with van der Waals surface area (Å²) in [6, 6.07) is 5.95. The molecule has 9 heteroatoms. The van der Waals surface area contributed by atoms with Crippen LogP contribution in [-0.4, -0.2) is 21.8 Å². The van der Waals surface area contributed by atoms with E-state index in [2.05, 4.69) is 15.0 Å². The number of benzene rings is 1. The SMILES string of the molecule is Cc1cc(=O)n(CC(=O)Nc2ccc(OC(F)(F)F)cc2)cn1. The third-order valence-electron chi connectivity index (χ3n) is 2.70. The predicted octanol–water partition coefficient (Wildman–Crippen LogP) is 2.09. The minimum Gasteiger partial charge on any atom is -0.406 e. The molecule has 0 bridgehead atoms. The van der Waals surface area contributed by atoms with Crippen LogP contribution in [0.4, 0.5) is 18.9 Å². The van der Waals surface area contributed by atoms with Crippen LogP contribution in [0.1, 0.15) is 5.69 Å². The van der Waals surface area contributed by atoms with Crippen molar-refractivity contribution in [1.82, 2.24) is 9.55 Å². The number of amides is 1. The number of hydrogen-bond donors (Lipinski definition) is 1. The van der Waals surface area contributed by atoms with Crippen LogP contribution in [0, 0.1) is 6.92 Å². The van der Waals surface area contributed by atoms with E-state index < -0.39 is 18.0 Å². The molecule has 0 aliphatic heterocycles. The van der Waals surface area contributed by atoms with Crippen LogP contribution in [0.3, 0.4) is 0 Å². The number of halogens is 3. The van der Waals surface area contributed by atoms with Gasteiger partial charge in [0.05, 0.1) is 6.33 Å². The molecule has 0 radical (unpaired) electrons. The Bertz CT molecular complexity index is 754. The molecular formula is C14H12F3N3O3. The number of nitrogens with zero attached hydrogens (tertiary/aromatic N) is 2. The lowest BCUT2D eigenvalue weighted by molar-refractivity contribution is -0.274. The summed E-state index contributed by atoms with van der Waals surface area (Å²) in [6.45, 7) is 1.39. The zero-order valence-electron chi connectivity index (χ0n) is 11.9. The molecule has 0 saturated carbocycles. The van der Waals surface area contributed by atoms with Gasteiger partial charge in [-0.2, -0.15) is 0 Å². The maximum atomic E-state index is 12.0. The molecule has 1 aromatic heterocycles. The van der Waals surface area contributed by atoms with Gasteiger partial charge in [-0.05, 0) is 31.2 Å². The highest BCUT2D eigenvalue weighted by Gasteiger charge is 2.30. The van der Waals surface area contributed by atoms with Crippen LogP contribution in [0.5, 0.6) is 5.75 Å². The van der Waals surface area contributed by atoms with Gasteiger partial charge in [0.15, 0.2) is 0 Å². The molecule has 0 unspecified atom stereocenters. The van der Waals surface area contributed by atoms with Gasteiger partial charge in [-0.15, -0.1) is 13.2 Å². The molecule has 0 spiro atoms. The van der Waals surface area contributed by atoms with Gasteiger partial charge in [0, 0.05) is 17.4 Å². The van der Waals surface area contributed by atoms with Gasteiger partial charge in [-0.3, -0.25) is 14.2 Å². The molecule has 122 valence electrons. The van der Waals surface area contributed by atoms with Gasteiger partial charge in [0.2, 0.25) is 5.91 Å². The standard InChI is InChI=1S/C14H12F3N3O3/c1-9-6-13(22)20(8-18-9)7-12(21)19-10-2-4-11(5-3-10)23-14(15,16)17/h2-6,8H,7H2,1H3,(H,19,21). The largest absolute Gasteiger partial charge is 0.573 e. The highest BCUT2D eigenvalue weighted by Crippen LogP contribution is 2.23. The summed E-state index contributed by atoms with van der Waals surface area (Å²) in [7, 11) is 0. The fourth-order valence-corrected chi connectivity index (χ4v) is 1.73. The van der Waals surface area contributed by atoms with Crippen LogP contribution in [0.25, 0.3) is 0 Å². The molecule has 23 heavy (non-hydrogen) atoms. The summed E-state index contributed by atoms with van der Waals surface area (Å²) in [5, 5.41) is 2.46. The Morgan fingerprint density at radius 3 is 2.52 bits per heavy atom. The number of aromatic nitrogens is 2. The lowest BCUT2D eigenvalue weighted by Crippen LogP contribution is -2.27. The van der Waals surface area contributed by atoms with E-state index in [-0.39, 0.29) is 17.8 Å². The second-order valence-electron chi connectivity index (χ2n) is 4.62. The first-order valence-corrected chi connectivity index (χ1v) is 6.42. The molecule has 2 rings (SSSR count). The van der Waals surface area contributed by atoms with E-state index in [9.17, 15) is 22.8 Å². The lowest BCUT2D eigenvalue weighted by Gasteiger charge is -2.10. The first-order chi connectivity index (χ1) is 10.7. The zero-order chi connectivity index (χ0) is 17.0. The van der Waals surface area contributed by atoms with Gasteiger partial charge >= 0.3 is 6.36 Å². The van der Waals surface area contributed by atoms with Crippen molar-refractivity contribution in [2.24, 2.45) is 0 Å². The monoisotopic (exact) mass is 327 g/mol. The molecule has 0 aliphatic carbocycles. The van der Waals surface area contributed by atoms with Crippen molar-refractivity contribution in [2.75, 3.05) is 5.32 Å². The Labute approximate surface area is 128 Å². The highest BCUT2D eigenvalue weighted by atomic mass is 19.4. The number of alkyl halides is 3. The molecule has 0 saturated heterocycles. The number of ether oxygens (including phenoxy) is 1. The zero-order valence-corrected chi connectivity index (χ0v) is 11.9. The summed E-state index contributed by atoms with van der Waals surface area (Å²) in [4.78, 5) is 27.4. The molecular weight excluding hydrogens is 315 g/mol. The molecule has 0 fully saturated rings. The quantitative estimate of drug-likeness (QED) is 0.933. The Kier molecular flexibility index (Phi) is 4.68. The molecule has 1 aromatic carbocycles. The van der Waals surface area contributed by atoms with Crippen molar-refractivity contribution in [3.8, 4) is 5.75 Å². The first kappa shape index (κ1) is 16.5. The third kappa shape index (κ3) is 5.13. The lowest BCUT2D eigenvalue weighted by atomic mass is 10.3. The van der Waals surface area contributed by atoms with E-state index in [1.54, 1.807) is 6.92 Å². The topological polar surface area (TPSA) is 73.2 Å². The van der Waals surface area contributed by atoms with E-state index in [0.717, 1.165) is 16.7 Å². The highest BCUT2D eigenvalue weighted by molar-refractivity contribution is 5.90. The van der Waals surface area contributed by atoms with E-state index in [1.165, 1.54) is 24.5 Å². The Morgan fingerprint density at radius 2 is 1.96 bits per heavy atom. The second-order valence-corrected chi connectivity index (χ2v) is 4.62. The van der Waals surface area contributed by atoms with E-state index in [0.29, 0.717) is 5.69 Å². The average Bonchev–Trinajstić information content (AvgIpc) is 2.42. The van der Waals surface area contributed by atoms with Crippen molar-refractivity contribution >= 4 is 11.6 Å². The van der Waals surface area contributed by atoms with Crippen LogP contribution >= 0.6 is 0 Å². The minimum absolute atomic E-state index is 0.257. The summed E-state index contributed by atoms with van der Waals surface area (Å²) in [6.07, 6.45) is -3.53. The molecule has 1 amide bonds. The molecule has 6 nitrogen and oxygen atoms in total. The van der Waals surface area contributed by atoms with Gasteiger partial charge < -0.3 is 10.1 Å². The van der Waals surface area contributed by atoms with Gasteiger partial charge in [0.1, 0.15) is 12.3 Å². The van der Waals surface area contributed by atoms with Crippen molar-refractivity contribution in [2.45, 2.75) is 19.8 Å². The van der Waals surface area contributed by atoms with Crippen LogP contribution in [-0.2, 0) is 11.3 Å². The normalized spacial score (nSPS) is 11.1. The Morgan fingerprint density at radius 1 is 1.30 bits per heavy atom. The van der Waals surface area contributed by atoms with Crippen molar-refractivity contribution in [3.63, 3.8) is 0 Å². The Balaban J connectivity index is 1.99. The van der Waals surface area contributed by atoms with Gasteiger partial charge in [0.25, 0.3) is 5.56 Å². The van der Waals surface area contributed by atoms with Crippen LogP contribution in [0.15, 0.2) is 41.5 Å². The van der Waals surface area contributed by atoms with Crippen molar-refractivity contribution in [3.05, 3.63) is 52.7 Å². The van der Waals surface area contributed by atoms with Gasteiger partial charge in [-0.1, -0.05) is 0 Å². The summed E-state index contributed by atoms with van der Waals surface area (Å²) >= 11 is 0. The van der Waals surface area contributed by atoms with E-state index in [1.807, 2.05) is 0 Å². The van der Waals surface area contributed by atoms with Crippen molar-refractivity contribution in [1.29, 1.82) is 0 Å². The average molecular weight is 327 g/mol. The molecule has 1 heterocycles. The van der Waals surface area contributed by atoms with Crippen LogP contribution in [0.2, 0.25) is 0 Å². The summed E-state index contributed by atoms with van der Waals surface area (Å²) in [5.41, 5.74) is 0.436. The predicted molar refractivity (Wildman–Crippen MR) is 75.0 cm³/mol. The minimum atomic E-state index is -4.77. The number of rotatable bonds is 4. The number of nitrogens with one attached hydrogen (secondary N) is 1. The maximum absolute atomic E-state index is 12.0. The third-order valence-corrected chi connectivity index (χ3v) is 2.70. The summed E-state index contributed by atoms with van der Waals surface area (Å²) < 4.78 is 40.9. The Hall–Kier alpha value is -2.84. The second kappa shape index (κ2) is 6.51. The molecule has 0 aliphatic rings. The fourth-order valence-electron chi connectivity index (χ4n) is 1.73. The molecule has 0 atom stereocenters. The van der Waals surface area contributed by atoms with Gasteiger partial charge in [-0.25, -0.2) is 4.98 Å². The number of anilines is 1. The van der Waals surface area contributed by atoms with Crippen molar-refractivity contribution < 1.29 is 22.7 Å².